The Morgan fingerprint density at radius 2 is 2.37 bits per heavy atom. The summed E-state index contributed by atoms with van der Waals surface area (Å²) in [6, 6.07) is 2.02. The molecule has 0 bridgehead atoms. The van der Waals surface area contributed by atoms with Gasteiger partial charge in [-0.3, -0.25) is 0 Å². The molecule has 0 spiro atoms. The van der Waals surface area contributed by atoms with E-state index in [1.54, 1.807) is 23.8 Å². The maximum atomic E-state index is 5.26. The quantitative estimate of drug-likeness (QED) is 0.724. The summed E-state index contributed by atoms with van der Waals surface area (Å²) >= 11 is 3.02. The molecule has 98 valence electrons. The maximum Gasteiger partial charge on any atom is 0.261 e. The molecule has 0 fully saturated rings. The van der Waals surface area contributed by atoms with Crippen LogP contribution in [-0.4, -0.2) is 21.5 Å². The summed E-state index contributed by atoms with van der Waals surface area (Å²) < 4.78 is 5.26. The highest BCUT2D eigenvalue weighted by Gasteiger charge is 2.12. The predicted octanol–water partition coefficient (Wildman–Crippen LogP) is 3.65. The number of nitrogens with zero attached hydrogens (tertiary/aromatic N) is 3. The molecule has 3 heterocycles. The number of nitrogens with one attached hydrogen (secondary N) is 1. The molecule has 0 aromatic carbocycles. The van der Waals surface area contributed by atoms with Gasteiger partial charge >= 0.3 is 0 Å². The Labute approximate surface area is 118 Å². The van der Waals surface area contributed by atoms with Crippen molar-refractivity contribution in [3.8, 4) is 0 Å². The number of hydrogen-bond acceptors (Lipinski definition) is 7. The van der Waals surface area contributed by atoms with Crippen LogP contribution in [0.3, 0.4) is 0 Å². The number of hydrogen-bond donors (Lipinski definition) is 1. The first-order valence-electron chi connectivity index (χ1n) is 5.93. The Morgan fingerprint density at radius 1 is 1.42 bits per heavy atom. The zero-order valence-corrected chi connectivity index (χ0v) is 11.9. The fraction of sp³-hybridized carbons (Fsp3) is 0.250. The molecule has 7 heteroatoms. The number of fused-ring (bicyclic) bond motifs is 1. The average Bonchev–Trinajstić information content (AvgIpc) is 3.06. The zero-order chi connectivity index (χ0) is 13.1. The van der Waals surface area contributed by atoms with Crippen molar-refractivity contribution >= 4 is 39.3 Å². The van der Waals surface area contributed by atoms with Crippen LogP contribution in [0.5, 0.6) is 0 Å². The van der Waals surface area contributed by atoms with Crippen LogP contribution in [-0.2, 0) is 0 Å². The van der Waals surface area contributed by atoms with Gasteiger partial charge in [0.05, 0.1) is 6.20 Å². The van der Waals surface area contributed by atoms with Crippen LogP contribution in [0.25, 0.3) is 10.2 Å². The third-order valence-electron chi connectivity index (χ3n) is 2.42. The van der Waals surface area contributed by atoms with Crippen molar-refractivity contribution in [1.82, 2.24) is 15.0 Å². The Morgan fingerprint density at radius 3 is 3.16 bits per heavy atom. The summed E-state index contributed by atoms with van der Waals surface area (Å²) in [5, 5.41) is 7.73. The third kappa shape index (κ3) is 2.71. The van der Waals surface area contributed by atoms with Crippen molar-refractivity contribution in [2.24, 2.45) is 0 Å². The van der Waals surface area contributed by atoms with Crippen LogP contribution in [0, 0.1) is 0 Å². The van der Waals surface area contributed by atoms with Crippen molar-refractivity contribution in [2.75, 3.05) is 11.9 Å². The molecule has 0 saturated carbocycles. The molecule has 0 unspecified atom stereocenters. The molecule has 19 heavy (non-hydrogen) atoms. The Kier molecular flexibility index (Phi) is 3.65. The molecule has 0 atom stereocenters. The van der Waals surface area contributed by atoms with E-state index in [2.05, 4.69) is 27.2 Å². The highest BCUT2D eigenvalue weighted by atomic mass is 32.2. The van der Waals surface area contributed by atoms with Crippen molar-refractivity contribution < 1.29 is 4.42 Å². The normalized spacial score (nSPS) is 11.0. The molecule has 0 aliphatic carbocycles. The second-order valence-corrected chi connectivity index (χ2v) is 5.65. The SMILES string of the molecule is CCCNc1nc(Sc2ncco2)c2ccsc2n1. The highest BCUT2D eigenvalue weighted by molar-refractivity contribution is 7.99. The fourth-order valence-corrected chi connectivity index (χ4v) is 3.18. The van der Waals surface area contributed by atoms with Gasteiger partial charge in [0.2, 0.25) is 5.95 Å². The first-order valence-corrected chi connectivity index (χ1v) is 7.63. The first-order chi connectivity index (χ1) is 9.36. The molecule has 1 N–H and O–H groups in total. The number of thiophene rings is 1. The molecule has 0 amide bonds. The summed E-state index contributed by atoms with van der Waals surface area (Å²) in [7, 11) is 0. The third-order valence-corrected chi connectivity index (χ3v) is 4.10. The summed E-state index contributed by atoms with van der Waals surface area (Å²) in [5.41, 5.74) is 0. The summed E-state index contributed by atoms with van der Waals surface area (Å²) in [4.78, 5) is 14.1. The van der Waals surface area contributed by atoms with Gasteiger partial charge in [-0.1, -0.05) is 6.92 Å². The van der Waals surface area contributed by atoms with E-state index in [-0.39, 0.29) is 0 Å². The van der Waals surface area contributed by atoms with Crippen molar-refractivity contribution in [1.29, 1.82) is 0 Å². The van der Waals surface area contributed by atoms with Gasteiger partial charge in [-0.15, -0.1) is 11.3 Å². The van der Waals surface area contributed by atoms with Crippen LogP contribution in [0.15, 0.2) is 38.6 Å². The van der Waals surface area contributed by atoms with Crippen molar-refractivity contribution in [2.45, 2.75) is 23.6 Å². The smallest absolute Gasteiger partial charge is 0.261 e. The molecule has 5 nitrogen and oxygen atoms in total. The summed E-state index contributed by atoms with van der Waals surface area (Å²) in [6.07, 6.45) is 4.23. The zero-order valence-electron chi connectivity index (χ0n) is 10.3. The lowest BCUT2D eigenvalue weighted by molar-refractivity contribution is 0.454. The van der Waals surface area contributed by atoms with Gasteiger partial charge in [-0.05, 0) is 29.6 Å². The summed E-state index contributed by atoms with van der Waals surface area (Å²) in [6.45, 7) is 2.97. The van der Waals surface area contributed by atoms with E-state index in [9.17, 15) is 0 Å². The van der Waals surface area contributed by atoms with Gasteiger partial charge in [0.25, 0.3) is 5.22 Å². The molecular formula is C12H12N4OS2. The molecule has 3 aromatic heterocycles. The van der Waals surface area contributed by atoms with E-state index >= 15 is 0 Å². The monoisotopic (exact) mass is 292 g/mol. The van der Waals surface area contributed by atoms with Crippen LogP contribution < -0.4 is 5.32 Å². The van der Waals surface area contributed by atoms with Gasteiger partial charge in [-0.25, -0.2) is 15.0 Å². The number of anilines is 1. The predicted molar refractivity (Wildman–Crippen MR) is 76.8 cm³/mol. The van der Waals surface area contributed by atoms with Crippen LogP contribution in [0.1, 0.15) is 13.3 Å². The average molecular weight is 292 g/mol. The van der Waals surface area contributed by atoms with E-state index in [1.165, 1.54) is 11.8 Å². The Hall–Kier alpha value is -1.60. The minimum absolute atomic E-state index is 0.590. The Balaban J connectivity index is 1.97. The van der Waals surface area contributed by atoms with E-state index in [4.69, 9.17) is 4.42 Å². The van der Waals surface area contributed by atoms with Gasteiger partial charge in [0.15, 0.2) is 0 Å². The standard InChI is InChI=1S/C12H12N4OS2/c1-2-4-13-11-15-9-8(3-7-18-9)10(16-11)19-12-14-5-6-17-12/h3,5-7H,2,4H2,1H3,(H,13,15,16). The van der Waals surface area contributed by atoms with Gasteiger partial charge in [0, 0.05) is 11.9 Å². The van der Waals surface area contributed by atoms with Crippen LogP contribution >= 0.6 is 23.1 Å². The van der Waals surface area contributed by atoms with Gasteiger partial charge in [-0.2, -0.15) is 0 Å². The fourth-order valence-electron chi connectivity index (χ4n) is 1.57. The van der Waals surface area contributed by atoms with Crippen LogP contribution in [0.2, 0.25) is 0 Å². The van der Waals surface area contributed by atoms with Gasteiger partial charge in [0.1, 0.15) is 16.1 Å². The molecule has 0 radical (unpaired) electrons. The topological polar surface area (TPSA) is 63.8 Å². The second-order valence-electron chi connectivity index (χ2n) is 3.82. The lowest BCUT2D eigenvalue weighted by atomic mass is 10.4. The molecule has 3 rings (SSSR count). The maximum absolute atomic E-state index is 5.26. The molecule has 3 aromatic rings. The minimum atomic E-state index is 0.590. The van der Waals surface area contributed by atoms with Gasteiger partial charge < -0.3 is 9.73 Å². The lowest BCUT2D eigenvalue weighted by Crippen LogP contribution is -2.04. The number of aromatic nitrogens is 3. The minimum Gasteiger partial charge on any atom is -0.440 e. The molecule has 0 aliphatic heterocycles. The Bertz CT molecular complexity index is 665. The van der Waals surface area contributed by atoms with E-state index in [0.29, 0.717) is 11.2 Å². The first kappa shape index (κ1) is 12.4. The van der Waals surface area contributed by atoms with E-state index in [1.807, 2.05) is 11.4 Å². The van der Waals surface area contributed by atoms with E-state index in [0.717, 1.165) is 28.2 Å². The molecule has 0 aliphatic rings. The summed E-state index contributed by atoms with van der Waals surface area (Å²) in [5.74, 6) is 0.658. The highest BCUT2D eigenvalue weighted by Crippen LogP contribution is 2.33. The lowest BCUT2D eigenvalue weighted by Gasteiger charge is -2.05. The molecule has 0 saturated heterocycles. The van der Waals surface area contributed by atoms with Crippen LogP contribution in [0.4, 0.5) is 5.95 Å². The number of oxazole rings is 1. The number of rotatable bonds is 5. The molecular weight excluding hydrogens is 280 g/mol. The largest absolute Gasteiger partial charge is 0.440 e. The second kappa shape index (κ2) is 5.58. The van der Waals surface area contributed by atoms with E-state index < -0.39 is 0 Å². The van der Waals surface area contributed by atoms with Crippen molar-refractivity contribution in [3.05, 3.63) is 23.9 Å². The van der Waals surface area contributed by atoms with Crippen molar-refractivity contribution in [3.63, 3.8) is 0 Å².